The molecule has 3 heterocycles. The molecule has 0 saturated carbocycles. The molecule has 0 aromatic carbocycles. The van der Waals surface area contributed by atoms with E-state index in [2.05, 4.69) is 9.97 Å². The Morgan fingerprint density at radius 1 is 1.42 bits per heavy atom. The maximum absolute atomic E-state index is 12.4. The zero-order valence-corrected chi connectivity index (χ0v) is 11.4. The van der Waals surface area contributed by atoms with Crippen LogP contribution >= 0.6 is 0 Å². The van der Waals surface area contributed by atoms with Gasteiger partial charge in [0.2, 0.25) is 10.0 Å². The van der Waals surface area contributed by atoms with E-state index in [0.29, 0.717) is 30.1 Å². The van der Waals surface area contributed by atoms with Gasteiger partial charge in [-0.15, -0.1) is 0 Å². The van der Waals surface area contributed by atoms with Crippen molar-refractivity contribution in [1.29, 1.82) is 0 Å². The third-order valence-electron chi connectivity index (χ3n) is 3.55. The van der Waals surface area contributed by atoms with Crippen LogP contribution in [0.5, 0.6) is 0 Å². The lowest BCUT2D eigenvalue weighted by molar-refractivity contribution is 0.198. The first kappa shape index (κ1) is 12.8. The van der Waals surface area contributed by atoms with Gasteiger partial charge in [-0.25, -0.2) is 13.4 Å². The van der Waals surface area contributed by atoms with Crippen molar-refractivity contribution in [2.75, 3.05) is 13.2 Å². The Morgan fingerprint density at radius 2 is 2.21 bits per heavy atom. The minimum Gasteiger partial charge on any atom is -0.380 e. The molecule has 0 aliphatic carbocycles. The summed E-state index contributed by atoms with van der Waals surface area (Å²) >= 11 is 0. The number of nitrogens with one attached hydrogen (secondary N) is 1. The average Bonchev–Trinajstić information content (AvgIpc) is 2.97. The van der Waals surface area contributed by atoms with E-state index in [9.17, 15) is 13.2 Å². The Bertz CT molecular complexity index is 661. The van der Waals surface area contributed by atoms with Crippen LogP contribution in [0.1, 0.15) is 23.5 Å². The van der Waals surface area contributed by atoms with E-state index in [1.54, 1.807) is 6.92 Å². The van der Waals surface area contributed by atoms with Gasteiger partial charge in [-0.2, -0.15) is 4.31 Å². The summed E-state index contributed by atoms with van der Waals surface area (Å²) in [5, 5.41) is -0.498. The molecule has 1 fully saturated rings. The zero-order valence-electron chi connectivity index (χ0n) is 10.5. The highest BCUT2D eigenvalue weighted by Crippen LogP contribution is 2.26. The molecule has 0 bridgehead atoms. The maximum atomic E-state index is 12.4. The highest BCUT2D eigenvalue weighted by atomic mass is 32.2. The molecule has 1 aromatic rings. The summed E-state index contributed by atoms with van der Waals surface area (Å²) in [4.78, 5) is 18.6. The number of hydrogen-bond acceptors (Lipinski definition) is 5. The smallest absolute Gasteiger partial charge is 0.255 e. The van der Waals surface area contributed by atoms with Gasteiger partial charge in [0.15, 0.2) is 0 Å². The van der Waals surface area contributed by atoms with E-state index in [0.717, 1.165) is 0 Å². The van der Waals surface area contributed by atoms with Crippen LogP contribution in [-0.4, -0.2) is 41.2 Å². The van der Waals surface area contributed by atoms with Crippen LogP contribution in [0.2, 0.25) is 0 Å². The number of fused-ring (bicyclic) bond motifs is 1. The predicted octanol–water partition coefficient (Wildman–Crippen LogP) is -0.487. The van der Waals surface area contributed by atoms with Crippen molar-refractivity contribution in [3.8, 4) is 0 Å². The van der Waals surface area contributed by atoms with E-state index in [1.165, 1.54) is 4.31 Å². The van der Waals surface area contributed by atoms with Gasteiger partial charge in [0.1, 0.15) is 11.1 Å². The molecular formula is C11H15N3O4S. The molecular weight excluding hydrogens is 270 g/mol. The maximum Gasteiger partial charge on any atom is 0.255 e. The Balaban J connectivity index is 1.91. The molecule has 8 heteroatoms. The number of aromatic amines is 1. The van der Waals surface area contributed by atoms with Crippen LogP contribution in [0.25, 0.3) is 0 Å². The SMILES string of the molecule is Cc1nc2c(c(=O)[nH]1)CN(S(=O)(=O)C1CCOC1)C2. The van der Waals surface area contributed by atoms with Crippen LogP contribution in [-0.2, 0) is 27.8 Å². The van der Waals surface area contributed by atoms with Gasteiger partial charge in [0, 0.05) is 13.2 Å². The van der Waals surface area contributed by atoms with Crippen LogP contribution < -0.4 is 5.56 Å². The van der Waals surface area contributed by atoms with Gasteiger partial charge in [-0.1, -0.05) is 0 Å². The van der Waals surface area contributed by atoms with Gasteiger partial charge in [0.05, 0.1) is 24.4 Å². The summed E-state index contributed by atoms with van der Waals surface area (Å²) in [7, 11) is -3.42. The lowest BCUT2D eigenvalue weighted by Gasteiger charge is -2.19. The van der Waals surface area contributed by atoms with Crippen molar-refractivity contribution in [3.63, 3.8) is 0 Å². The number of aryl methyl sites for hydroxylation is 1. The molecule has 2 aliphatic rings. The van der Waals surface area contributed by atoms with Crippen LogP contribution in [0.3, 0.4) is 0 Å². The first-order valence-corrected chi connectivity index (χ1v) is 7.64. The highest BCUT2D eigenvalue weighted by Gasteiger charge is 2.39. The fraction of sp³-hybridized carbons (Fsp3) is 0.636. The highest BCUT2D eigenvalue weighted by molar-refractivity contribution is 7.89. The van der Waals surface area contributed by atoms with Crippen molar-refractivity contribution in [2.24, 2.45) is 0 Å². The molecule has 1 atom stereocenters. The van der Waals surface area contributed by atoms with Crippen LogP contribution in [0.4, 0.5) is 0 Å². The van der Waals surface area contributed by atoms with Crippen molar-refractivity contribution in [2.45, 2.75) is 31.7 Å². The second-order valence-electron chi connectivity index (χ2n) is 4.88. The standard InChI is InChI=1S/C11H15N3O4S/c1-7-12-10-5-14(4-9(10)11(15)13-7)19(16,17)8-2-3-18-6-8/h8H,2-6H2,1H3,(H,12,13,15). The minimum atomic E-state index is -3.42. The largest absolute Gasteiger partial charge is 0.380 e. The summed E-state index contributed by atoms with van der Waals surface area (Å²) < 4.78 is 31.3. The molecule has 7 nitrogen and oxygen atoms in total. The molecule has 0 spiro atoms. The summed E-state index contributed by atoms with van der Waals surface area (Å²) in [6.07, 6.45) is 0.512. The number of hydrogen-bond donors (Lipinski definition) is 1. The van der Waals surface area contributed by atoms with Crippen molar-refractivity contribution in [1.82, 2.24) is 14.3 Å². The number of nitrogens with zero attached hydrogens (tertiary/aromatic N) is 2. The minimum absolute atomic E-state index is 0.108. The number of ether oxygens (including phenoxy) is 1. The molecule has 104 valence electrons. The Kier molecular flexibility index (Phi) is 2.95. The molecule has 1 unspecified atom stereocenters. The first-order valence-electron chi connectivity index (χ1n) is 6.14. The number of aromatic nitrogens is 2. The molecule has 1 saturated heterocycles. The number of rotatable bonds is 2. The molecule has 2 aliphatic heterocycles. The lowest BCUT2D eigenvalue weighted by atomic mass is 10.3. The van der Waals surface area contributed by atoms with Gasteiger partial charge >= 0.3 is 0 Å². The fourth-order valence-electron chi connectivity index (χ4n) is 2.50. The molecule has 3 rings (SSSR count). The van der Waals surface area contributed by atoms with Crippen molar-refractivity contribution < 1.29 is 13.2 Å². The second-order valence-corrected chi connectivity index (χ2v) is 7.09. The van der Waals surface area contributed by atoms with Gasteiger partial charge < -0.3 is 9.72 Å². The average molecular weight is 285 g/mol. The van der Waals surface area contributed by atoms with Crippen molar-refractivity contribution >= 4 is 10.0 Å². The Hall–Kier alpha value is -1.25. The van der Waals surface area contributed by atoms with Gasteiger partial charge in [-0.3, -0.25) is 4.79 Å². The summed E-state index contributed by atoms with van der Waals surface area (Å²) in [5.41, 5.74) is 0.764. The predicted molar refractivity (Wildman–Crippen MR) is 67.0 cm³/mol. The van der Waals surface area contributed by atoms with Crippen LogP contribution in [0.15, 0.2) is 4.79 Å². The Morgan fingerprint density at radius 3 is 2.89 bits per heavy atom. The monoisotopic (exact) mass is 285 g/mol. The number of sulfonamides is 1. The fourth-order valence-corrected chi connectivity index (χ4v) is 4.20. The Labute approximate surface area is 110 Å². The van der Waals surface area contributed by atoms with Crippen LogP contribution in [0, 0.1) is 6.92 Å². The second kappa shape index (κ2) is 4.39. The van der Waals surface area contributed by atoms with Crippen molar-refractivity contribution in [3.05, 3.63) is 27.4 Å². The van der Waals surface area contributed by atoms with E-state index in [1.807, 2.05) is 0 Å². The molecule has 1 aromatic heterocycles. The number of H-pyrrole nitrogens is 1. The van der Waals surface area contributed by atoms with E-state index in [4.69, 9.17) is 4.74 Å². The zero-order chi connectivity index (χ0) is 13.6. The summed E-state index contributed by atoms with van der Waals surface area (Å²) in [6, 6.07) is 0. The quantitative estimate of drug-likeness (QED) is 0.791. The summed E-state index contributed by atoms with van der Waals surface area (Å²) in [6.45, 7) is 2.68. The van der Waals surface area contributed by atoms with Gasteiger partial charge in [-0.05, 0) is 13.3 Å². The molecule has 0 radical (unpaired) electrons. The van der Waals surface area contributed by atoms with E-state index in [-0.39, 0.29) is 25.3 Å². The lowest BCUT2D eigenvalue weighted by Crippen LogP contribution is -2.36. The van der Waals surface area contributed by atoms with Gasteiger partial charge in [0.25, 0.3) is 5.56 Å². The van der Waals surface area contributed by atoms with E-state index >= 15 is 0 Å². The first-order chi connectivity index (χ1) is 8.98. The topological polar surface area (TPSA) is 92.4 Å². The molecule has 0 amide bonds. The van der Waals surface area contributed by atoms with E-state index < -0.39 is 15.3 Å². The third-order valence-corrected chi connectivity index (χ3v) is 5.74. The summed E-state index contributed by atoms with van der Waals surface area (Å²) in [5.74, 6) is 0.507. The third kappa shape index (κ3) is 2.09. The normalized spacial score (nSPS) is 23.7. The molecule has 1 N–H and O–H groups in total. The molecule has 19 heavy (non-hydrogen) atoms.